The summed E-state index contributed by atoms with van der Waals surface area (Å²) >= 11 is 1.61. The minimum Gasteiger partial charge on any atom is -0.519 e. The normalized spacial score (nSPS) is 13.5. The SMILES string of the molecule is CC(C)(C)[Si](C)(C)OC(=O)CCSCCC(=O)O[Si](C)(C)C(C)(C)C. The Morgan fingerprint density at radius 2 is 1.00 bits per heavy atom. The molecule has 25 heavy (non-hydrogen) atoms. The van der Waals surface area contributed by atoms with Crippen molar-refractivity contribution in [3.05, 3.63) is 0 Å². The van der Waals surface area contributed by atoms with Gasteiger partial charge in [0.25, 0.3) is 28.6 Å². The van der Waals surface area contributed by atoms with Crippen LogP contribution in [0.15, 0.2) is 0 Å². The number of thioether (sulfide) groups is 1. The number of carbonyl (C=O) groups excluding carboxylic acids is 2. The molecule has 0 heterocycles. The van der Waals surface area contributed by atoms with Gasteiger partial charge in [-0.3, -0.25) is 9.59 Å². The third kappa shape index (κ3) is 8.77. The first-order valence-corrected chi connectivity index (χ1v) is 16.0. The molecule has 0 aliphatic carbocycles. The molecule has 0 N–H and O–H groups in total. The van der Waals surface area contributed by atoms with E-state index in [1.165, 1.54) is 0 Å². The summed E-state index contributed by atoms with van der Waals surface area (Å²) in [5.41, 5.74) is 0. The average molecular weight is 407 g/mol. The molecule has 0 radical (unpaired) electrons. The maximum Gasteiger partial charge on any atom is 0.293 e. The lowest BCUT2D eigenvalue weighted by atomic mass is 10.2. The molecule has 0 aromatic heterocycles. The summed E-state index contributed by atoms with van der Waals surface area (Å²) in [7, 11) is -4.05. The predicted molar refractivity (Wildman–Crippen MR) is 113 cm³/mol. The zero-order valence-electron chi connectivity index (χ0n) is 17.9. The molecule has 148 valence electrons. The van der Waals surface area contributed by atoms with Crippen LogP contribution in [0.1, 0.15) is 54.4 Å². The molecule has 4 nitrogen and oxygen atoms in total. The minimum absolute atomic E-state index is 0.0311. The summed E-state index contributed by atoms with van der Waals surface area (Å²) in [5.74, 6) is 1.12. The first kappa shape index (κ1) is 24.7. The molecule has 0 atom stereocenters. The molecule has 0 rings (SSSR count). The van der Waals surface area contributed by atoms with E-state index in [1.54, 1.807) is 11.8 Å². The Hall–Kier alpha value is -0.276. The molecule has 0 aliphatic rings. The monoisotopic (exact) mass is 406 g/mol. The summed E-state index contributed by atoms with van der Waals surface area (Å²) in [6, 6.07) is 0. The zero-order chi connectivity index (χ0) is 20.1. The van der Waals surface area contributed by atoms with Crippen LogP contribution < -0.4 is 0 Å². The van der Waals surface area contributed by atoms with Gasteiger partial charge in [0.2, 0.25) is 0 Å². The average Bonchev–Trinajstić information content (AvgIpc) is 2.34. The van der Waals surface area contributed by atoms with Crippen molar-refractivity contribution in [3.63, 3.8) is 0 Å². The van der Waals surface area contributed by atoms with E-state index >= 15 is 0 Å². The Balaban J connectivity index is 4.08. The topological polar surface area (TPSA) is 52.6 Å². The van der Waals surface area contributed by atoms with Crippen LogP contribution in [0.4, 0.5) is 0 Å². The minimum atomic E-state index is -2.03. The van der Waals surface area contributed by atoms with Crippen molar-refractivity contribution in [2.45, 2.75) is 90.6 Å². The molecule has 0 spiro atoms. The van der Waals surface area contributed by atoms with Crippen molar-refractivity contribution in [3.8, 4) is 0 Å². The van der Waals surface area contributed by atoms with Crippen LogP contribution in [-0.4, -0.2) is 40.1 Å². The van der Waals surface area contributed by atoms with Crippen LogP contribution in [0.5, 0.6) is 0 Å². The van der Waals surface area contributed by atoms with Crippen molar-refractivity contribution in [2.24, 2.45) is 0 Å². The summed E-state index contributed by atoms with van der Waals surface area (Å²) in [6.45, 7) is 21.0. The van der Waals surface area contributed by atoms with Gasteiger partial charge in [-0.05, 0) is 36.3 Å². The largest absolute Gasteiger partial charge is 0.519 e. The van der Waals surface area contributed by atoms with E-state index in [9.17, 15) is 9.59 Å². The molecular formula is C18H38O4SSi2. The number of carbonyl (C=O) groups is 2. The Morgan fingerprint density at radius 3 is 1.24 bits per heavy atom. The maximum absolute atomic E-state index is 12.0. The second-order valence-corrected chi connectivity index (χ2v) is 20.3. The van der Waals surface area contributed by atoms with E-state index in [0.29, 0.717) is 24.3 Å². The van der Waals surface area contributed by atoms with Crippen molar-refractivity contribution < 1.29 is 18.4 Å². The smallest absolute Gasteiger partial charge is 0.293 e. The molecule has 0 saturated heterocycles. The highest BCUT2D eigenvalue weighted by Crippen LogP contribution is 2.37. The highest BCUT2D eigenvalue weighted by molar-refractivity contribution is 7.99. The van der Waals surface area contributed by atoms with Crippen LogP contribution in [-0.2, 0) is 18.4 Å². The lowest BCUT2D eigenvalue weighted by Crippen LogP contribution is -2.42. The number of hydrogen-bond acceptors (Lipinski definition) is 5. The van der Waals surface area contributed by atoms with E-state index in [1.807, 2.05) is 0 Å². The highest BCUT2D eigenvalue weighted by atomic mass is 32.2. The maximum atomic E-state index is 12.0. The molecule has 0 aliphatic heterocycles. The molecular weight excluding hydrogens is 368 g/mol. The molecule has 0 unspecified atom stereocenters. The third-order valence-corrected chi connectivity index (χ3v) is 14.9. The Morgan fingerprint density at radius 1 is 0.720 bits per heavy atom. The highest BCUT2D eigenvalue weighted by Gasteiger charge is 2.41. The van der Waals surface area contributed by atoms with Crippen LogP contribution in [0, 0.1) is 0 Å². The van der Waals surface area contributed by atoms with E-state index < -0.39 is 16.6 Å². The fourth-order valence-electron chi connectivity index (χ4n) is 1.39. The van der Waals surface area contributed by atoms with Gasteiger partial charge in [-0.25, -0.2) is 0 Å². The molecule has 0 fully saturated rings. The fourth-order valence-corrected chi connectivity index (χ4v) is 4.17. The Kier molecular flexibility index (Phi) is 8.98. The standard InChI is InChI=1S/C18H38O4SSi2/c1-17(2,3)24(7,8)21-15(19)11-13-23-14-12-16(20)22-25(9,10)18(4,5)6/h11-14H2,1-10H3. The molecule has 0 amide bonds. The van der Waals surface area contributed by atoms with Crippen molar-refractivity contribution >= 4 is 40.3 Å². The molecule has 7 heteroatoms. The Bertz CT molecular complexity index is 421. The van der Waals surface area contributed by atoms with E-state index in [-0.39, 0.29) is 22.0 Å². The van der Waals surface area contributed by atoms with Crippen molar-refractivity contribution in [2.75, 3.05) is 11.5 Å². The van der Waals surface area contributed by atoms with E-state index in [0.717, 1.165) is 0 Å². The summed E-state index contributed by atoms with van der Waals surface area (Å²) < 4.78 is 11.5. The quantitative estimate of drug-likeness (QED) is 0.388. The van der Waals surface area contributed by atoms with Crippen LogP contribution in [0.2, 0.25) is 36.3 Å². The Labute approximate surface area is 161 Å². The molecule has 0 saturated carbocycles. The zero-order valence-corrected chi connectivity index (χ0v) is 20.7. The second-order valence-electron chi connectivity index (χ2n) is 9.58. The van der Waals surface area contributed by atoms with E-state index in [4.69, 9.17) is 8.85 Å². The van der Waals surface area contributed by atoms with Gasteiger partial charge in [0.05, 0.1) is 12.8 Å². The lowest BCUT2D eigenvalue weighted by Gasteiger charge is -2.35. The van der Waals surface area contributed by atoms with Crippen LogP contribution >= 0.6 is 11.8 Å². The van der Waals surface area contributed by atoms with Gasteiger partial charge in [0.1, 0.15) is 0 Å². The number of rotatable bonds is 8. The van der Waals surface area contributed by atoms with Gasteiger partial charge < -0.3 is 8.85 Å². The van der Waals surface area contributed by atoms with Gasteiger partial charge in [-0.1, -0.05) is 41.5 Å². The number of hydrogen-bond donors (Lipinski definition) is 0. The van der Waals surface area contributed by atoms with Gasteiger partial charge in [-0.2, -0.15) is 11.8 Å². The fraction of sp³-hybridized carbons (Fsp3) is 0.889. The summed E-state index contributed by atoms with van der Waals surface area (Å²) in [6.07, 6.45) is 0.795. The van der Waals surface area contributed by atoms with Crippen molar-refractivity contribution in [1.82, 2.24) is 0 Å². The molecule has 0 aromatic carbocycles. The van der Waals surface area contributed by atoms with E-state index in [2.05, 4.69) is 67.7 Å². The van der Waals surface area contributed by atoms with Gasteiger partial charge in [-0.15, -0.1) is 0 Å². The molecule has 0 bridgehead atoms. The summed E-state index contributed by atoms with van der Waals surface area (Å²) in [5, 5.41) is 0.0621. The van der Waals surface area contributed by atoms with Gasteiger partial charge in [0, 0.05) is 11.5 Å². The van der Waals surface area contributed by atoms with Gasteiger partial charge in [0.15, 0.2) is 0 Å². The second kappa shape index (κ2) is 9.08. The first-order valence-electron chi connectivity index (χ1n) is 9.01. The lowest BCUT2D eigenvalue weighted by molar-refractivity contribution is -0.135. The predicted octanol–water partition coefficient (Wildman–Crippen LogP) is 5.60. The molecule has 0 aromatic rings. The summed E-state index contributed by atoms with van der Waals surface area (Å²) in [4.78, 5) is 24.0. The van der Waals surface area contributed by atoms with Gasteiger partial charge >= 0.3 is 0 Å². The van der Waals surface area contributed by atoms with Crippen LogP contribution in [0.25, 0.3) is 0 Å². The van der Waals surface area contributed by atoms with Crippen molar-refractivity contribution in [1.29, 1.82) is 0 Å². The third-order valence-electron chi connectivity index (χ3n) is 5.25. The first-order chi connectivity index (χ1) is 11.0. The van der Waals surface area contributed by atoms with Crippen LogP contribution in [0.3, 0.4) is 0 Å².